The van der Waals surface area contributed by atoms with Gasteiger partial charge in [-0.15, -0.1) is 0 Å². The third-order valence-corrected chi connectivity index (χ3v) is 2.26. The van der Waals surface area contributed by atoms with Gasteiger partial charge in [-0.2, -0.15) is 0 Å². The summed E-state index contributed by atoms with van der Waals surface area (Å²) in [5.74, 6) is -2.45. The highest BCUT2D eigenvalue weighted by molar-refractivity contribution is 6.32. The molecule has 0 aliphatic heterocycles. The molecule has 0 bridgehead atoms. The highest BCUT2D eigenvalue weighted by Gasteiger charge is 2.17. The molecule has 0 heterocycles. The van der Waals surface area contributed by atoms with Gasteiger partial charge in [0, 0.05) is 6.42 Å². The highest BCUT2D eigenvalue weighted by Crippen LogP contribution is 2.28. The summed E-state index contributed by atoms with van der Waals surface area (Å²) in [6, 6.07) is 1.24. The van der Waals surface area contributed by atoms with Crippen molar-refractivity contribution >= 4 is 17.6 Å². The highest BCUT2D eigenvalue weighted by atomic mass is 35.5. The fraction of sp³-hybridized carbons (Fsp3) is 0.222. The van der Waals surface area contributed by atoms with Crippen LogP contribution in [-0.4, -0.2) is 22.2 Å². The largest absolute Gasteiger partial charge is 0.506 e. The van der Waals surface area contributed by atoms with Gasteiger partial charge in [0.2, 0.25) is 0 Å². The summed E-state index contributed by atoms with van der Waals surface area (Å²) in [7, 11) is 0. The predicted octanol–water partition coefficient (Wildman–Crippen LogP) is 1.14. The molecule has 0 aliphatic carbocycles. The summed E-state index contributed by atoms with van der Waals surface area (Å²) < 4.78 is 13.3. The van der Waals surface area contributed by atoms with Crippen molar-refractivity contribution in [3.63, 3.8) is 0 Å². The Labute approximate surface area is 90.1 Å². The SMILES string of the molecule is N[C@@H](Cc1ccc(O)c(Cl)c1F)C(=O)O. The molecule has 0 fully saturated rings. The van der Waals surface area contributed by atoms with Crippen LogP contribution in [0.1, 0.15) is 5.56 Å². The second-order valence-corrected chi connectivity index (χ2v) is 3.40. The van der Waals surface area contributed by atoms with E-state index in [0.717, 1.165) is 0 Å². The smallest absolute Gasteiger partial charge is 0.320 e. The molecule has 4 N–H and O–H groups in total. The van der Waals surface area contributed by atoms with Crippen LogP contribution in [0.3, 0.4) is 0 Å². The summed E-state index contributed by atoms with van der Waals surface area (Å²) in [4.78, 5) is 10.4. The van der Waals surface area contributed by atoms with Crippen LogP contribution in [0, 0.1) is 5.82 Å². The second-order valence-electron chi connectivity index (χ2n) is 3.02. The molecule has 0 amide bonds. The van der Waals surface area contributed by atoms with Crippen LogP contribution in [0.25, 0.3) is 0 Å². The number of nitrogens with two attached hydrogens (primary N) is 1. The third kappa shape index (κ3) is 2.57. The van der Waals surface area contributed by atoms with E-state index in [2.05, 4.69) is 0 Å². The lowest BCUT2D eigenvalue weighted by molar-refractivity contribution is -0.138. The Balaban J connectivity index is 2.97. The molecular weight excluding hydrogens is 225 g/mol. The molecule has 6 heteroatoms. The number of carboxylic acids is 1. The number of aliphatic carboxylic acids is 1. The predicted molar refractivity (Wildman–Crippen MR) is 52.4 cm³/mol. The molecule has 82 valence electrons. The van der Waals surface area contributed by atoms with Gasteiger partial charge in [-0.05, 0) is 11.6 Å². The molecule has 1 atom stereocenters. The quantitative estimate of drug-likeness (QED) is 0.731. The van der Waals surface area contributed by atoms with E-state index < -0.39 is 22.9 Å². The van der Waals surface area contributed by atoms with Gasteiger partial charge in [-0.3, -0.25) is 4.79 Å². The number of carboxylic acid groups (broad SMARTS) is 1. The number of hydrogen-bond acceptors (Lipinski definition) is 3. The fourth-order valence-corrected chi connectivity index (χ4v) is 1.25. The van der Waals surface area contributed by atoms with Crippen LogP contribution >= 0.6 is 11.6 Å². The molecule has 0 radical (unpaired) electrons. The van der Waals surface area contributed by atoms with Crippen molar-refractivity contribution in [2.24, 2.45) is 5.73 Å². The first-order chi connectivity index (χ1) is 6.93. The van der Waals surface area contributed by atoms with Crippen molar-refractivity contribution < 1.29 is 19.4 Å². The summed E-state index contributed by atoms with van der Waals surface area (Å²) in [6.07, 6.45) is -0.179. The lowest BCUT2D eigenvalue weighted by atomic mass is 10.1. The van der Waals surface area contributed by atoms with Gasteiger partial charge in [0.1, 0.15) is 22.6 Å². The van der Waals surface area contributed by atoms with Crippen molar-refractivity contribution in [2.45, 2.75) is 12.5 Å². The number of phenols is 1. The van der Waals surface area contributed by atoms with E-state index in [1.807, 2.05) is 0 Å². The molecule has 0 aliphatic rings. The van der Waals surface area contributed by atoms with Crippen molar-refractivity contribution in [1.29, 1.82) is 0 Å². The lowest BCUT2D eigenvalue weighted by Crippen LogP contribution is -2.32. The average molecular weight is 234 g/mol. The maximum Gasteiger partial charge on any atom is 0.320 e. The molecular formula is C9H9ClFNO3. The van der Waals surface area contributed by atoms with Gasteiger partial charge in [-0.1, -0.05) is 17.7 Å². The Morgan fingerprint density at radius 1 is 1.60 bits per heavy atom. The minimum absolute atomic E-state index is 0.0627. The van der Waals surface area contributed by atoms with Gasteiger partial charge >= 0.3 is 5.97 Å². The standard InChI is InChI=1S/C9H9ClFNO3/c10-7-6(13)2-1-4(8(7)11)3-5(12)9(14)15/h1-2,5,13H,3,12H2,(H,14,15)/t5-/m0/s1. The van der Waals surface area contributed by atoms with E-state index in [1.54, 1.807) is 0 Å². The summed E-state index contributed by atoms with van der Waals surface area (Å²) >= 11 is 5.43. The summed E-state index contributed by atoms with van der Waals surface area (Å²) in [6.45, 7) is 0. The Morgan fingerprint density at radius 2 is 2.20 bits per heavy atom. The van der Waals surface area contributed by atoms with E-state index in [0.29, 0.717) is 0 Å². The molecule has 0 aromatic heterocycles. The lowest BCUT2D eigenvalue weighted by Gasteiger charge is -2.08. The zero-order valence-electron chi connectivity index (χ0n) is 7.58. The molecule has 0 saturated carbocycles. The zero-order chi connectivity index (χ0) is 11.6. The number of aromatic hydroxyl groups is 1. The molecule has 4 nitrogen and oxygen atoms in total. The molecule has 15 heavy (non-hydrogen) atoms. The van der Waals surface area contributed by atoms with Crippen LogP contribution < -0.4 is 5.73 Å². The van der Waals surface area contributed by atoms with E-state index in [1.165, 1.54) is 12.1 Å². The van der Waals surface area contributed by atoms with E-state index in [-0.39, 0.29) is 17.7 Å². The van der Waals surface area contributed by atoms with Crippen LogP contribution in [0.5, 0.6) is 5.75 Å². The van der Waals surface area contributed by atoms with Crippen molar-refractivity contribution in [2.75, 3.05) is 0 Å². The molecule has 1 aromatic carbocycles. The van der Waals surface area contributed by atoms with E-state index in [9.17, 15) is 9.18 Å². The molecule has 0 saturated heterocycles. The van der Waals surface area contributed by atoms with Gasteiger partial charge in [0.05, 0.1) is 0 Å². The van der Waals surface area contributed by atoms with Gasteiger partial charge in [-0.25, -0.2) is 4.39 Å². The first-order valence-electron chi connectivity index (χ1n) is 4.07. The van der Waals surface area contributed by atoms with E-state index >= 15 is 0 Å². The fourth-order valence-electron chi connectivity index (χ4n) is 1.06. The number of hydrogen-bond donors (Lipinski definition) is 3. The van der Waals surface area contributed by atoms with Crippen LogP contribution in [0.4, 0.5) is 4.39 Å². The first-order valence-corrected chi connectivity index (χ1v) is 4.45. The maximum absolute atomic E-state index is 13.3. The number of phenolic OH excluding ortho intramolecular Hbond substituents is 1. The third-order valence-electron chi connectivity index (χ3n) is 1.90. The van der Waals surface area contributed by atoms with Crippen LogP contribution in [0.2, 0.25) is 5.02 Å². The minimum atomic E-state index is -1.22. The Kier molecular flexibility index (Phi) is 3.49. The number of halogens is 2. The second kappa shape index (κ2) is 4.46. The topological polar surface area (TPSA) is 83.5 Å². The number of rotatable bonds is 3. The van der Waals surface area contributed by atoms with Crippen LogP contribution in [-0.2, 0) is 11.2 Å². The first kappa shape index (κ1) is 11.7. The van der Waals surface area contributed by atoms with Gasteiger partial charge in [0.15, 0.2) is 0 Å². The maximum atomic E-state index is 13.3. The van der Waals surface area contributed by atoms with Crippen molar-refractivity contribution in [1.82, 2.24) is 0 Å². The molecule has 1 aromatic rings. The summed E-state index contributed by atoms with van der Waals surface area (Å²) in [5.41, 5.74) is 5.30. The van der Waals surface area contributed by atoms with Gasteiger partial charge in [0.25, 0.3) is 0 Å². The Morgan fingerprint density at radius 3 is 2.73 bits per heavy atom. The normalized spacial score (nSPS) is 12.5. The Bertz CT molecular complexity index is 397. The Hall–Kier alpha value is -1.33. The van der Waals surface area contributed by atoms with E-state index in [4.69, 9.17) is 27.5 Å². The van der Waals surface area contributed by atoms with Crippen LogP contribution in [0.15, 0.2) is 12.1 Å². The van der Waals surface area contributed by atoms with Gasteiger partial charge < -0.3 is 15.9 Å². The number of carbonyl (C=O) groups is 1. The zero-order valence-corrected chi connectivity index (χ0v) is 8.33. The van der Waals surface area contributed by atoms with Crippen molar-refractivity contribution in [3.05, 3.63) is 28.5 Å². The number of benzene rings is 1. The average Bonchev–Trinajstić information content (AvgIpc) is 2.18. The van der Waals surface area contributed by atoms with Crippen molar-refractivity contribution in [3.8, 4) is 5.75 Å². The molecule has 0 unspecified atom stereocenters. The monoisotopic (exact) mass is 233 g/mol. The minimum Gasteiger partial charge on any atom is -0.506 e. The molecule has 1 rings (SSSR count). The summed E-state index contributed by atoms with van der Waals surface area (Å²) in [5, 5.41) is 17.2. The molecule has 0 spiro atoms.